The summed E-state index contributed by atoms with van der Waals surface area (Å²) in [6.45, 7) is 7.87. The summed E-state index contributed by atoms with van der Waals surface area (Å²) >= 11 is 0. The number of hydrogen-bond acceptors (Lipinski definition) is 2. The van der Waals surface area contributed by atoms with E-state index in [0.717, 1.165) is 25.7 Å². The van der Waals surface area contributed by atoms with Gasteiger partial charge in [0.25, 0.3) is 0 Å². The van der Waals surface area contributed by atoms with Crippen LogP contribution in [-0.4, -0.2) is 21.4 Å². The predicted octanol–water partition coefficient (Wildman–Crippen LogP) is 2.87. The van der Waals surface area contributed by atoms with Gasteiger partial charge in [0.15, 0.2) is 0 Å². The molecule has 2 unspecified atom stereocenters. The number of hydrogen-bond donors (Lipinski definition) is 2. The summed E-state index contributed by atoms with van der Waals surface area (Å²) in [5.74, 6) is 0. The van der Waals surface area contributed by atoms with Crippen LogP contribution in [0.15, 0.2) is 0 Å². The predicted molar refractivity (Wildman–Crippen MR) is 60.3 cm³/mol. The van der Waals surface area contributed by atoms with Gasteiger partial charge in [-0.15, -0.1) is 0 Å². The van der Waals surface area contributed by atoms with Gasteiger partial charge in [0, 0.05) is 6.42 Å². The molecule has 0 aliphatic rings. The molecule has 2 N–H and O–H groups in total. The van der Waals surface area contributed by atoms with Gasteiger partial charge in [-0.05, 0) is 26.2 Å². The Morgan fingerprint density at radius 2 is 1.57 bits per heavy atom. The van der Waals surface area contributed by atoms with Crippen molar-refractivity contribution in [2.45, 2.75) is 77.4 Å². The van der Waals surface area contributed by atoms with E-state index in [1.54, 1.807) is 6.92 Å². The molecular weight excluding hydrogens is 176 g/mol. The van der Waals surface area contributed by atoms with Crippen LogP contribution in [0, 0.1) is 0 Å². The van der Waals surface area contributed by atoms with Gasteiger partial charge in [-0.25, -0.2) is 0 Å². The number of rotatable bonds is 7. The van der Waals surface area contributed by atoms with Gasteiger partial charge >= 0.3 is 0 Å². The molecule has 0 rings (SSSR count). The van der Waals surface area contributed by atoms with E-state index in [1.807, 2.05) is 13.8 Å². The van der Waals surface area contributed by atoms with Crippen LogP contribution >= 0.6 is 0 Å². The molecule has 2 heteroatoms. The van der Waals surface area contributed by atoms with Crippen LogP contribution in [0.5, 0.6) is 0 Å². The zero-order valence-corrected chi connectivity index (χ0v) is 10.1. The van der Waals surface area contributed by atoms with Crippen LogP contribution in [0.3, 0.4) is 0 Å². The van der Waals surface area contributed by atoms with Crippen molar-refractivity contribution in [1.82, 2.24) is 0 Å². The Morgan fingerprint density at radius 1 is 1.00 bits per heavy atom. The average Bonchev–Trinajstić information content (AvgIpc) is 2.14. The van der Waals surface area contributed by atoms with Gasteiger partial charge in [0.2, 0.25) is 0 Å². The first-order valence-electron chi connectivity index (χ1n) is 5.84. The van der Waals surface area contributed by atoms with E-state index in [9.17, 15) is 10.2 Å². The maximum atomic E-state index is 10.3. The van der Waals surface area contributed by atoms with Crippen LogP contribution in [0.4, 0.5) is 0 Å². The fraction of sp³-hybridized carbons (Fsp3) is 1.00. The minimum atomic E-state index is -0.724. The molecule has 2 atom stereocenters. The lowest BCUT2D eigenvalue weighted by Crippen LogP contribution is -2.38. The summed E-state index contributed by atoms with van der Waals surface area (Å²) in [7, 11) is 0. The van der Waals surface area contributed by atoms with Crippen molar-refractivity contribution in [1.29, 1.82) is 0 Å². The molecule has 0 aliphatic heterocycles. The smallest absolute Gasteiger partial charge is 0.0672 e. The molecule has 0 bridgehead atoms. The van der Waals surface area contributed by atoms with E-state index < -0.39 is 11.2 Å². The molecule has 0 aliphatic carbocycles. The largest absolute Gasteiger partial charge is 0.390 e. The third-order valence-corrected chi connectivity index (χ3v) is 3.13. The summed E-state index contributed by atoms with van der Waals surface area (Å²) < 4.78 is 0. The van der Waals surface area contributed by atoms with Gasteiger partial charge in [0.05, 0.1) is 11.2 Å². The molecule has 0 saturated heterocycles. The van der Waals surface area contributed by atoms with Gasteiger partial charge < -0.3 is 10.2 Å². The van der Waals surface area contributed by atoms with Gasteiger partial charge in [-0.1, -0.05) is 33.6 Å². The fourth-order valence-electron chi connectivity index (χ4n) is 1.73. The van der Waals surface area contributed by atoms with Gasteiger partial charge in [-0.3, -0.25) is 0 Å². The Kier molecular flexibility index (Phi) is 5.68. The summed E-state index contributed by atoms with van der Waals surface area (Å²) in [6, 6.07) is 0. The molecule has 0 amide bonds. The highest BCUT2D eigenvalue weighted by atomic mass is 16.3. The molecule has 0 heterocycles. The lowest BCUT2D eigenvalue weighted by atomic mass is 9.81. The molecule has 0 spiro atoms. The van der Waals surface area contributed by atoms with E-state index in [2.05, 4.69) is 6.92 Å². The summed E-state index contributed by atoms with van der Waals surface area (Å²) in [5.41, 5.74) is -1.39. The van der Waals surface area contributed by atoms with Crippen LogP contribution in [0.1, 0.15) is 66.2 Å². The molecule has 0 aromatic rings. The number of unbranched alkanes of at least 4 members (excludes halogenated alkanes) is 1. The highest BCUT2D eigenvalue weighted by molar-refractivity contribution is 4.86. The quantitative estimate of drug-likeness (QED) is 0.666. The normalized spacial score (nSPS) is 20.1. The summed E-state index contributed by atoms with van der Waals surface area (Å²) in [4.78, 5) is 0. The van der Waals surface area contributed by atoms with Crippen LogP contribution in [0.2, 0.25) is 0 Å². The molecule has 0 aromatic heterocycles. The standard InChI is InChI=1S/C12H26O2/c1-5-8-9-12(14,7-3)10-11(4,13)6-2/h13-14H,5-10H2,1-4H3. The van der Waals surface area contributed by atoms with E-state index in [-0.39, 0.29) is 0 Å². The van der Waals surface area contributed by atoms with E-state index in [0.29, 0.717) is 12.8 Å². The van der Waals surface area contributed by atoms with Gasteiger partial charge in [0.1, 0.15) is 0 Å². The fourth-order valence-corrected chi connectivity index (χ4v) is 1.73. The Morgan fingerprint density at radius 3 is 1.93 bits per heavy atom. The van der Waals surface area contributed by atoms with Crippen LogP contribution < -0.4 is 0 Å². The van der Waals surface area contributed by atoms with Crippen molar-refractivity contribution in [2.75, 3.05) is 0 Å². The third kappa shape index (κ3) is 4.97. The van der Waals surface area contributed by atoms with Crippen molar-refractivity contribution < 1.29 is 10.2 Å². The average molecular weight is 202 g/mol. The Labute approximate surface area is 88.3 Å². The molecule has 2 nitrogen and oxygen atoms in total. The summed E-state index contributed by atoms with van der Waals surface area (Å²) in [5, 5.41) is 20.2. The Balaban J connectivity index is 4.23. The first-order chi connectivity index (χ1) is 6.39. The lowest BCUT2D eigenvalue weighted by Gasteiger charge is -2.34. The molecule has 86 valence electrons. The van der Waals surface area contributed by atoms with Crippen molar-refractivity contribution in [2.24, 2.45) is 0 Å². The third-order valence-electron chi connectivity index (χ3n) is 3.13. The summed E-state index contributed by atoms with van der Waals surface area (Å²) in [6.07, 6.45) is 4.84. The molecule has 14 heavy (non-hydrogen) atoms. The van der Waals surface area contributed by atoms with Gasteiger partial charge in [-0.2, -0.15) is 0 Å². The Bertz CT molecular complexity index is 154. The highest BCUT2D eigenvalue weighted by Gasteiger charge is 2.32. The molecule has 0 fully saturated rings. The molecule has 0 radical (unpaired) electrons. The maximum absolute atomic E-state index is 10.3. The van der Waals surface area contributed by atoms with E-state index in [4.69, 9.17) is 0 Å². The second-order valence-electron chi connectivity index (χ2n) is 4.71. The second kappa shape index (κ2) is 5.72. The first kappa shape index (κ1) is 13.9. The van der Waals surface area contributed by atoms with Crippen molar-refractivity contribution in [3.63, 3.8) is 0 Å². The molecule has 0 aromatic carbocycles. The number of aliphatic hydroxyl groups is 2. The molecular formula is C12H26O2. The van der Waals surface area contributed by atoms with E-state index >= 15 is 0 Å². The maximum Gasteiger partial charge on any atom is 0.0672 e. The first-order valence-corrected chi connectivity index (χ1v) is 5.84. The highest BCUT2D eigenvalue weighted by Crippen LogP contribution is 2.30. The minimum absolute atomic E-state index is 0.493. The van der Waals surface area contributed by atoms with Crippen molar-refractivity contribution in [3.8, 4) is 0 Å². The zero-order chi connectivity index (χ0) is 11.2. The Hall–Kier alpha value is -0.0800. The molecule has 0 saturated carbocycles. The minimum Gasteiger partial charge on any atom is -0.390 e. The zero-order valence-electron chi connectivity index (χ0n) is 10.1. The van der Waals surface area contributed by atoms with Crippen molar-refractivity contribution >= 4 is 0 Å². The van der Waals surface area contributed by atoms with Crippen LogP contribution in [-0.2, 0) is 0 Å². The van der Waals surface area contributed by atoms with Crippen LogP contribution in [0.25, 0.3) is 0 Å². The monoisotopic (exact) mass is 202 g/mol. The topological polar surface area (TPSA) is 40.5 Å². The van der Waals surface area contributed by atoms with Crippen molar-refractivity contribution in [3.05, 3.63) is 0 Å². The SMILES string of the molecule is CCCCC(O)(CC)CC(C)(O)CC. The van der Waals surface area contributed by atoms with E-state index in [1.165, 1.54) is 0 Å². The lowest BCUT2D eigenvalue weighted by molar-refractivity contribution is -0.0642. The second-order valence-corrected chi connectivity index (χ2v) is 4.71.